The molecule has 2 aliphatic heterocycles. The van der Waals surface area contributed by atoms with Crippen molar-refractivity contribution in [2.75, 3.05) is 20.1 Å². The lowest BCUT2D eigenvalue weighted by atomic mass is 9.71. The quantitative estimate of drug-likeness (QED) is 0.419. The molecule has 39 heavy (non-hydrogen) atoms. The lowest BCUT2D eigenvalue weighted by Crippen LogP contribution is -2.29. The maximum Gasteiger partial charge on any atom is 0.418 e. The van der Waals surface area contributed by atoms with Gasteiger partial charge in [0.1, 0.15) is 0 Å². The van der Waals surface area contributed by atoms with Gasteiger partial charge in [-0.1, -0.05) is 18.6 Å². The van der Waals surface area contributed by atoms with Gasteiger partial charge >= 0.3 is 24.4 Å². The van der Waals surface area contributed by atoms with Crippen molar-refractivity contribution < 1.29 is 17.7 Å². The molecule has 0 spiro atoms. The molecule has 1 radical (unpaired) electrons. The van der Waals surface area contributed by atoms with Gasteiger partial charge in [0.2, 0.25) is 0 Å². The molecule has 6 rings (SSSR count). The monoisotopic (exact) mass is 535 g/mol. The minimum Gasteiger partial charge on any atom is -0.298 e. The van der Waals surface area contributed by atoms with Gasteiger partial charge in [-0.3, -0.25) is 13.9 Å². The average molecular weight is 536 g/mol. The van der Waals surface area contributed by atoms with E-state index in [1.807, 2.05) is 34.7 Å². The summed E-state index contributed by atoms with van der Waals surface area (Å²) in [6.07, 6.45) is 4.56. The van der Waals surface area contributed by atoms with Crippen LogP contribution in [0.3, 0.4) is 0 Å². The van der Waals surface area contributed by atoms with Gasteiger partial charge in [-0.2, -0.15) is 18.4 Å². The Labute approximate surface area is 223 Å². The normalized spacial score (nSPS) is 21.3. The summed E-state index contributed by atoms with van der Waals surface area (Å²) in [5, 5.41) is 17.6. The van der Waals surface area contributed by atoms with Crippen molar-refractivity contribution in [3.8, 4) is 11.8 Å². The Morgan fingerprint density at radius 1 is 1.21 bits per heavy atom. The van der Waals surface area contributed by atoms with Crippen LogP contribution in [0.1, 0.15) is 48.3 Å². The number of rotatable bonds is 6. The van der Waals surface area contributed by atoms with Crippen LogP contribution in [-0.4, -0.2) is 44.9 Å². The third-order valence-corrected chi connectivity index (χ3v) is 8.14. The van der Waals surface area contributed by atoms with Crippen LogP contribution in [-0.2, 0) is 12.7 Å². The number of hydrogen-bond acceptors (Lipinski definition) is 5. The summed E-state index contributed by atoms with van der Waals surface area (Å²) in [6, 6.07) is 10.8. The summed E-state index contributed by atoms with van der Waals surface area (Å²) in [4.78, 5) is 15.5. The van der Waals surface area contributed by atoms with E-state index < -0.39 is 17.4 Å². The van der Waals surface area contributed by atoms with Crippen LogP contribution in [0.15, 0.2) is 57.7 Å². The molecule has 1 saturated heterocycles. The first kappa shape index (κ1) is 25.5. The minimum atomic E-state index is -4.64. The first-order chi connectivity index (χ1) is 18.7. The standard InChI is InChI=1S/C28H28F3N7O/c1-35-17-33-34-26(35)25(20-4-2-5-20)21-6-3-7-22(11-21)37-16-24-23(28(29,30)31)10-19(15-38(24)27(37)39)14-36-9-8-18(12-32)13-36/h3,6-7,10-11,15-18,20,25H,2,4-5,8-9,13-14H2,1H3/q+1/t18-,25+/m1/s1. The fourth-order valence-corrected chi connectivity index (χ4v) is 5.93. The summed E-state index contributed by atoms with van der Waals surface area (Å²) < 4.78 is 46.8. The molecule has 2 atom stereocenters. The van der Waals surface area contributed by atoms with Crippen molar-refractivity contribution in [2.24, 2.45) is 22.1 Å². The number of nitriles is 1. The third-order valence-electron chi connectivity index (χ3n) is 8.14. The van der Waals surface area contributed by atoms with E-state index in [-0.39, 0.29) is 23.9 Å². The molecule has 4 heterocycles. The van der Waals surface area contributed by atoms with Crippen LogP contribution in [0.25, 0.3) is 11.2 Å². The number of nitrogens with zero attached hydrogens (tertiary/aromatic N) is 7. The van der Waals surface area contributed by atoms with Gasteiger partial charge in [0.05, 0.1) is 46.8 Å². The Kier molecular flexibility index (Phi) is 6.38. The van der Waals surface area contributed by atoms with Crippen LogP contribution >= 0.6 is 0 Å². The molecule has 3 aromatic rings. The summed E-state index contributed by atoms with van der Waals surface area (Å²) in [6.45, 7) is 1.38. The van der Waals surface area contributed by atoms with Crippen molar-refractivity contribution in [1.29, 1.82) is 5.26 Å². The average Bonchev–Trinajstić information content (AvgIpc) is 3.60. The largest absolute Gasteiger partial charge is 0.418 e. The van der Waals surface area contributed by atoms with Crippen LogP contribution in [0.2, 0.25) is 0 Å². The topological polar surface area (TPSA) is 81.2 Å². The Bertz CT molecular complexity index is 1570. The number of aromatic nitrogens is 2. The first-order valence-electron chi connectivity index (χ1n) is 13.1. The zero-order valence-electron chi connectivity index (χ0n) is 21.5. The van der Waals surface area contributed by atoms with Crippen molar-refractivity contribution in [1.82, 2.24) is 13.9 Å². The molecule has 2 aromatic heterocycles. The van der Waals surface area contributed by atoms with Crippen LogP contribution in [0, 0.1) is 29.3 Å². The zero-order valence-corrected chi connectivity index (χ0v) is 21.5. The Morgan fingerprint density at radius 2 is 2.03 bits per heavy atom. The van der Waals surface area contributed by atoms with Gasteiger partial charge in [-0.15, -0.1) is 0 Å². The van der Waals surface area contributed by atoms with Gasteiger partial charge in [-0.25, -0.2) is 9.37 Å². The van der Waals surface area contributed by atoms with Gasteiger partial charge in [0, 0.05) is 25.5 Å². The summed E-state index contributed by atoms with van der Waals surface area (Å²) in [5.41, 5.74) is 0.224. The van der Waals surface area contributed by atoms with Gasteiger partial charge in [0.25, 0.3) is 0 Å². The lowest BCUT2D eigenvalue weighted by Gasteiger charge is -2.34. The molecule has 1 saturated carbocycles. The van der Waals surface area contributed by atoms with E-state index in [4.69, 9.17) is 0 Å². The Hall–Kier alpha value is -3.78. The maximum atomic E-state index is 14.2. The number of imidazole rings is 1. The fourth-order valence-electron chi connectivity index (χ4n) is 5.93. The van der Waals surface area contributed by atoms with Crippen LogP contribution in [0.5, 0.6) is 0 Å². The van der Waals surface area contributed by atoms with Crippen molar-refractivity contribution in [3.05, 3.63) is 76.1 Å². The van der Waals surface area contributed by atoms with E-state index in [2.05, 4.69) is 16.3 Å². The fraction of sp³-hybridized carbons (Fsp3) is 0.429. The first-order valence-corrected chi connectivity index (χ1v) is 13.1. The highest BCUT2D eigenvalue weighted by molar-refractivity contribution is 5.58. The number of fused-ring (bicyclic) bond motifs is 1. The zero-order chi connectivity index (χ0) is 27.3. The number of halogens is 3. The second kappa shape index (κ2) is 9.75. The molecule has 1 aromatic carbocycles. The number of azo groups is 1. The molecule has 3 aliphatic rings. The second-order valence-electron chi connectivity index (χ2n) is 10.7. The van der Waals surface area contributed by atoms with Gasteiger partial charge in [-0.05, 0) is 66.2 Å². The van der Waals surface area contributed by atoms with Gasteiger partial charge < -0.3 is 0 Å². The summed E-state index contributed by atoms with van der Waals surface area (Å²) >= 11 is 0. The van der Waals surface area contributed by atoms with E-state index >= 15 is 0 Å². The molecule has 2 fully saturated rings. The number of benzene rings is 1. The SMILES string of the molecule is C[N+]1=CN=N[C]1[C@H](c1cccc(-n2cc3c(C(F)(F)F)cc(CN4CC[C@H](C#N)C4)cn3c2=O)c1)C1CCC1. The van der Waals surface area contributed by atoms with Crippen molar-refractivity contribution >= 4 is 11.9 Å². The van der Waals surface area contributed by atoms with E-state index in [1.54, 1.807) is 12.4 Å². The smallest absolute Gasteiger partial charge is 0.298 e. The van der Waals surface area contributed by atoms with Gasteiger partial charge in [0.15, 0.2) is 0 Å². The predicted molar refractivity (Wildman–Crippen MR) is 137 cm³/mol. The lowest BCUT2D eigenvalue weighted by molar-refractivity contribution is -0.480. The summed E-state index contributed by atoms with van der Waals surface area (Å²) in [5.74, 6) is 0.241. The molecule has 8 nitrogen and oxygen atoms in total. The predicted octanol–water partition coefficient (Wildman–Crippen LogP) is 4.96. The van der Waals surface area contributed by atoms with E-state index in [0.717, 1.165) is 41.5 Å². The second-order valence-corrected chi connectivity index (χ2v) is 10.7. The minimum absolute atomic E-state index is 0.0195. The number of likely N-dealkylation sites (tertiary alicyclic amines) is 1. The Morgan fingerprint density at radius 3 is 2.67 bits per heavy atom. The number of pyridine rings is 1. The maximum absolute atomic E-state index is 14.2. The Balaban J connectivity index is 1.41. The molecule has 201 valence electrons. The molecule has 0 bridgehead atoms. The molecule has 0 N–H and O–H groups in total. The highest BCUT2D eigenvalue weighted by atomic mass is 19.4. The molecular formula is C28H28F3N7O+. The van der Waals surface area contributed by atoms with Crippen LogP contribution < -0.4 is 5.69 Å². The van der Waals surface area contributed by atoms with Crippen LogP contribution in [0.4, 0.5) is 13.2 Å². The third kappa shape index (κ3) is 4.67. The number of likely N-dealkylation sites (N-methyl/N-ethyl adjacent to an activating group) is 1. The van der Waals surface area contributed by atoms with Crippen molar-refractivity contribution in [2.45, 2.75) is 44.3 Å². The van der Waals surface area contributed by atoms with E-state index in [9.17, 15) is 23.2 Å². The van der Waals surface area contributed by atoms with E-state index in [0.29, 0.717) is 36.7 Å². The van der Waals surface area contributed by atoms with E-state index in [1.165, 1.54) is 17.0 Å². The van der Waals surface area contributed by atoms with Crippen molar-refractivity contribution in [3.63, 3.8) is 0 Å². The molecule has 1 aliphatic carbocycles. The highest BCUT2D eigenvalue weighted by Crippen LogP contribution is 2.46. The molecule has 11 heteroatoms. The number of hydrogen-bond donors (Lipinski definition) is 0. The highest BCUT2D eigenvalue weighted by Gasteiger charge is 2.42. The number of alkyl halides is 3. The summed E-state index contributed by atoms with van der Waals surface area (Å²) in [7, 11) is 1.90. The molecular weight excluding hydrogens is 507 g/mol. The molecule has 0 amide bonds. The molecule has 0 unspecified atom stereocenters.